The number of ether oxygens (including phenoxy) is 1. The fraction of sp³-hybridized carbons (Fsp3) is 0.581. The molecule has 2 aromatic carbocycles. The van der Waals surface area contributed by atoms with Gasteiger partial charge in [0.1, 0.15) is 17.7 Å². The predicted molar refractivity (Wildman–Crippen MR) is 152 cm³/mol. The first-order chi connectivity index (χ1) is 18.4. The second-order valence-electron chi connectivity index (χ2n) is 11.9. The van der Waals surface area contributed by atoms with Crippen LogP contribution >= 0.6 is 0 Å². The van der Waals surface area contributed by atoms with Crippen LogP contribution in [-0.2, 0) is 35.4 Å². The molecule has 0 spiro atoms. The Balaban J connectivity index is 1.45. The topological polar surface area (TPSA) is 110 Å². The molecule has 0 aromatic heterocycles. The SMILES string of the molecule is CC(C)C[C@H](CC(=O)[C@@H](C)Cc1cccc2ccccc12)C(=O)N[C@@H](CC1CCCC1=O)[C@@H]1O[C@@H]1S(C)(=O)=O. The molecule has 1 heterocycles. The van der Waals surface area contributed by atoms with Crippen LogP contribution in [0.1, 0.15) is 64.9 Å². The van der Waals surface area contributed by atoms with E-state index < -0.39 is 33.3 Å². The maximum absolute atomic E-state index is 13.6. The number of nitrogens with one attached hydrogen (secondary N) is 1. The number of hydrogen-bond acceptors (Lipinski definition) is 6. The lowest BCUT2D eigenvalue weighted by atomic mass is 9.85. The van der Waals surface area contributed by atoms with Crippen LogP contribution in [0.25, 0.3) is 10.8 Å². The molecular formula is C31H41NO6S. The highest BCUT2D eigenvalue weighted by Crippen LogP contribution is 2.36. The van der Waals surface area contributed by atoms with E-state index in [-0.39, 0.29) is 41.6 Å². The van der Waals surface area contributed by atoms with Gasteiger partial charge >= 0.3 is 0 Å². The summed E-state index contributed by atoms with van der Waals surface area (Å²) in [4.78, 5) is 39.3. The summed E-state index contributed by atoms with van der Waals surface area (Å²) in [6.45, 7) is 5.95. The Morgan fingerprint density at radius 3 is 2.44 bits per heavy atom. The molecule has 7 nitrogen and oxygen atoms in total. The van der Waals surface area contributed by atoms with Crippen molar-refractivity contribution >= 4 is 38.1 Å². The number of hydrogen-bond donors (Lipinski definition) is 1. The van der Waals surface area contributed by atoms with Crippen molar-refractivity contribution in [3.8, 4) is 0 Å². The zero-order valence-electron chi connectivity index (χ0n) is 23.4. The van der Waals surface area contributed by atoms with E-state index in [0.29, 0.717) is 25.7 Å². The van der Waals surface area contributed by atoms with Crippen LogP contribution in [0.15, 0.2) is 42.5 Å². The highest BCUT2D eigenvalue weighted by atomic mass is 32.2. The van der Waals surface area contributed by atoms with Crippen LogP contribution in [0.5, 0.6) is 0 Å². The first-order valence-corrected chi connectivity index (χ1v) is 16.1. The molecule has 2 aromatic rings. The molecule has 39 heavy (non-hydrogen) atoms. The summed E-state index contributed by atoms with van der Waals surface area (Å²) < 4.78 is 29.6. The number of amides is 1. The number of benzene rings is 2. The summed E-state index contributed by atoms with van der Waals surface area (Å²) in [6, 6.07) is 13.6. The Hall–Kier alpha value is -2.58. The smallest absolute Gasteiger partial charge is 0.223 e. The number of Topliss-reactive ketones (excluding diaryl/α,β-unsaturated/α-hetero) is 2. The lowest BCUT2D eigenvalue weighted by Crippen LogP contribution is -2.45. The molecule has 1 aliphatic heterocycles. The van der Waals surface area contributed by atoms with E-state index in [0.717, 1.165) is 35.4 Å². The maximum Gasteiger partial charge on any atom is 0.223 e. The largest absolute Gasteiger partial charge is 0.350 e. The van der Waals surface area contributed by atoms with Crippen molar-refractivity contribution in [3.63, 3.8) is 0 Å². The zero-order chi connectivity index (χ0) is 28.3. The van der Waals surface area contributed by atoms with Gasteiger partial charge in [0.25, 0.3) is 0 Å². The lowest BCUT2D eigenvalue weighted by Gasteiger charge is -2.25. The highest BCUT2D eigenvalue weighted by Gasteiger charge is 2.53. The number of carbonyl (C=O) groups is 3. The molecule has 212 valence electrons. The molecular weight excluding hydrogens is 514 g/mol. The second-order valence-corrected chi connectivity index (χ2v) is 14.1. The average molecular weight is 556 g/mol. The van der Waals surface area contributed by atoms with Gasteiger partial charge in [-0.3, -0.25) is 14.4 Å². The molecule has 4 rings (SSSR count). The van der Waals surface area contributed by atoms with Gasteiger partial charge in [0.15, 0.2) is 15.3 Å². The average Bonchev–Trinajstić information content (AvgIpc) is 3.60. The monoisotopic (exact) mass is 555 g/mol. The van der Waals surface area contributed by atoms with Crippen molar-refractivity contribution in [2.45, 2.75) is 83.3 Å². The predicted octanol–water partition coefficient (Wildman–Crippen LogP) is 4.65. The third kappa shape index (κ3) is 7.54. The summed E-state index contributed by atoms with van der Waals surface area (Å²) >= 11 is 0. The van der Waals surface area contributed by atoms with Gasteiger partial charge in [-0.25, -0.2) is 8.42 Å². The molecule has 1 unspecified atom stereocenters. The summed E-state index contributed by atoms with van der Waals surface area (Å²) in [5.41, 5.74) is 0.142. The van der Waals surface area contributed by atoms with Crippen LogP contribution in [0.2, 0.25) is 0 Å². The van der Waals surface area contributed by atoms with Crippen molar-refractivity contribution in [3.05, 3.63) is 48.0 Å². The van der Waals surface area contributed by atoms with Crippen LogP contribution in [0.4, 0.5) is 0 Å². The fourth-order valence-corrected chi connectivity index (χ4v) is 6.98. The van der Waals surface area contributed by atoms with E-state index in [9.17, 15) is 22.8 Å². The molecule has 1 N–H and O–H groups in total. The standard InChI is InChI=1S/C31H41NO6S/c1-19(2)15-24(18-28(34)20(3)16-22-11-7-10-21-9-5-6-13-25(21)22)30(35)32-26(17-23-12-8-14-27(23)33)29-31(38-29)39(4,36)37/h5-7,9-11,13,19-20,23-24,26,29,31H,8,12,14-18H2,1-4H3,(H,32,35)/t20-,23?,24+,26-,29-,31+/m0/s1. The van der Waals surface area contributed by atoms with E-state index >= 15 is 0 Å². The molecule has 0 radical (unpaired) electrons. The molecule has 8 heteroatoms. The van der Waals surface area contributed by atoms with Gasteiger partial charge in [0.05, 0.1) is 6.04 Å². The Morgan fingerprint density at radius 1 is 1.08 bits per heavy atom. The molecule has 1 aliphatic carbocycles. The molecule has 6 atom stereocenters. The number of fused-ring (bicyclic) bond motifs is 1. The number of sulfone groups is 1. The summed E-state index contributed by atoms with van der Waals surface area (Å²) in [5.74, 6) is -0.892. The normalized spacial score (nSPS) is 23.5. The van der Waals surface area contributed by atoms with Crippen LogP contribution < -0.4 is 5.32 Å². The van der Waals surface area contributed by atoms with Gasteiger partial charge in [0.2, 0.25) is 5.91 Å². The number of ketones is 2. The van der Waals surface area contributed by atoms with Gasteiger partial charge in [-0.1, -0.05) is 63.2 Å². The minimum atomic E-state index is -3.43. The highest BCUT2D eigenvalue weighted by molar-refractivity contribution is 7.91. The van der Waals surface area contributed by atoms with Gasteiger partial charge < -0.3 is 10.1 Å². The van der Waals surface area contributed by atoms with E-state index in [4.69, 9.17) is 4.74 Å². The molecule has 2 aliphatic rings. The maximum atomic E-state index is 13.6. The quantitative estimate of drug-likeness (QED) is 0.360. The molecule has 1 saturated carbocycles. The summed E-state index contributed by atoms with van der Waals surface area (Å²) in [7, 11) is -3.43. The van der Waals surface area contributed by atoms with Crippen LogP contribution in [0, 0.1) is 23.7 Å². The first-order valence-electron chi connectivity index (χ1n) is 14.1. The Bertz CT molecular complexity index is 1310. The van der Waals surface area contributed by atoms with E-state index in [1.54, 1.807) is 0 Å². The van der Waals surface area contributed by atoms with Gasteiger partial charge in [-0.2, -0.15) is 0 Å². The third-order valence-electron chi connectivity index (χ3n) is 8.13. The molecule has 1 saturated heterocycles. The first kappa shape index (κ1) is 29.4. The number of carbonyl (C=O) groups excluding carboxylic acids is 3. The second kappa shape index (κ2) is 12.3. The molecule has 1 amide bonds. The molecule has 0 bridgehead atoms. The Labute approximate surface area is 232 Å². The minimum absolute atomic E-state index is 0.0305. The van der Waals surface area contributed by atoms with E-state index in [2.05, 4.69) is 23.5 Å². The van der Waals surface area contributed by atoms with E-state index in [1.165, 1.54) is 0 Å². The fourth-order valence-electron chi connectivity index (χ4n) is 5.97. The Morgan fingerprint density at radius 2 is 1.79 bits per heavy atom. The van der Waals surface area contributed by atoms with Crippen molar-refractivity contribution in [1.82, 2.24) is 5.32 Å². The number of rotatable bonds is 13. The van der Waals surface area contributed by atoms with Crippen molar-refractivity contribution in [2.75, 3.05) is 6.26 Å². The Kier molecular flexibility index (Phi) is 9.27. The van der Waals surface area contributed by atoms with Crippen molar-refractivity contribution in [1.29, 1.82) is 0 Å². The van der Waals surface area contributed by atoms with Crippen molar-refractivity contribution < 1.29 is 27.5 Å². The lowest BCUT2D eigenvalue weighted by molar-refractivity contribution is -0.132. The van der Waals surface area contributed by atoms with Gasteiger partial charge in [0, 0.05) is 36.9 Å². The van der Waals surface area contributed by atoms with Crippen molar-refractivity contribution in [2.24, 2.45) is 23.7 Å². The number of epoxide rings is 1. The molecule has 2 fully saturated rings. The zero-order valence-corrected chi connectivity index (χ0v) is 24.2. The summed E-state index contributed by atoms with van der Waals surface area (Å²) in [5, 5.41) is 5.28. The third-order valence-corrected chi connectivity index (χ3v) is 9.35. The summed E-state index contributed by atoms with van der Waals surface area (Å²) in [6.07, 6.45) is 4.13. The van der Waals surface area contributed by atoms with E-state index in [1.807, 2.05) is 45.0 Å². The van der Waals surface area contributed by atoms with Gasteiger partial charge in [-0.05, 0) is 54.4 Å². The minimum Gasteiger partial charge on any atom is -0.350 e. The van der Waals surface area contributed by atoms with Gasteiger partial charge in [-0.15, -0.1) is 0 Å². The van der Waals surface area contributed by atoms with Crippen LogP contribution in [-0.4, -0.2) is 49.7 Å². The van der Waals surface area contributed by atoms with Crippen LogP contribution in [0.3, 0.4) is 0 Å².